The largest absolute Gasteiger partial charge is 0.330 e. The van der Waals surface area contributed by atoms with Crippen molar-refractivity contribution in [2.24, 2.45) is 11.7 Å². The molecule has 17 heavy (non-hydrogen) atoms. The molecule has 1 aromatic carbocycles. The lowest BCUT2D eigenvalue weighted by molar-refractivity contribution is 0.572. The fourth-order valence-corrected chi connectivity index (χ4v) is 3.68. The van der Waals surface area contributed by atoms with Crippen LogP contribution in [0.2, 0.25) is 0 Å². The third-order valence-electron chi connectivity index (χ3n) is 2.31. The maximum absolute atomic E-state index is 13.0. The topological polar surface area (TPSA) is 60.2 Å². The smallest absolute Gasteiger partial charge is 0.154 e. The van der Waals surface area contributed by atoms with Gasteiger partial charge in [0.25, 0.3) is 0 Å². The molecule has 1 atom stereocenters. The average molecular weight is 324 g/mol. The van der Waals surface area contributed by atoms with E-state index in [2.05, 4.69) is 15.9 Å². The van der Waals surface area contributed by atoms with Gasteiger partial charge in [-0.1, -0.05) is 13.0 Å². The van der Waals surface area contributed by atoms with Gasteiger partial charge in [-0.05, 0) is 46.1 Å². The lowest BCUT2D eigenvalue weighted by Gasteiger charge is -2.09. The molecule has 1 unspecified atom stereocenters. The highest BCUT2D eigenvalue weighted by Gasteiger charge is 2.16. The Hall–Kier alpha value is -0.460. The van der Waals surface area contributed by atoms with Crippen molar-refractivity contribution in [3.8, 4) is 0 Å². The summed E-state index contributed by atoms with van der Waals surface area (Å²) in [7, 11) is -3.20. The number of halogens is 2. The number of hydrogen-bond donors (Lipinski definition) is 1. The fourth-order valence-electron chi connectivity index (χ4n) is 1.44. The van der Waals surface area contributed by atoms with E-state index in [0.29, 0.717) is 12.1 Å². The van der Waals surface area contributed by atoms with Crippen LogP contribution in [0, 0.1) is 11.7 Å². The lowest BCUT2D eigenvalue weighted by Crippen LogP contribution is -2.22. The van der Waals surface area contributed by atoms with Crippen LogP contribution < -0.4 is 5.73 Å². The highest BCUT2D eigenvalue weighted by Crippen LogP contribution is 2.19. The minimum absolute atomic E-state index is 0.0541. The lowest BCUT2D eigenvalue weighted by atomic mass is 10.2. The maximum atomic E-state index is 13.0. The Morgan fingerprint density at radius 2 is 2.12 bits per heavy atom. The Kier molecular flexibility index (Phi) is 5.09. The van der Waals surface area contributed by atoms with Crippen molar-refractivity contribution in [2.75, 3.05) is 12.3 Å². The van der Waals surface area contributed by atoms with E-state index in [0.717, 1.165) is 0 Å². The standard InChI is InChI=1S/C11H15BrFNO2S/c1-8(5-14)6-17(15,16)7-9-2-3-11(13)10(12)4-9/h2-4,8H,5-7,14H2,1H3. The highest BCUT2D eigenvalue weighted by molar-refractivity contribution is 9.10. The van der Waals surface area contributed by atoms with Crippen LogP contribution in [-0.4, -0.2) is 20.7 Å². The first-order valence-electron chi connectivity index (χ1n) is 5.18. The van der Waals surface area contributed by atoms with Crippen molar-refractivity contribution in [3.05, 3.63) is 34.1 Å². The van der Waals surface area contributed by atoms with E-state index in [1.165, 1.54) is 18.2 Å². The van der Waals surface area contributed by atoms with Crippen LogP contribution in [0.1, 0.15) is 12.5 Å². The van der Waals surface area contributed by atoms with Crippen LogP contribution in [0.3, 0.4) is 0 Å². The van der Waals surface area contributed by atoms with Gasteiger partial charge in [0.2, 0.25) is 0 Å². The zero-order valence-electron chi connectivity index (χ0n) is 9.49. The molecule has 6 heteroatoms. The normalized spacial score (nSPS) is 13.6. The van der Waals surface area contributed by atoms with Crippen molar-refractivity contribution < 1.29 is 12.8 Å². The van der Waals surface area contributed by atoms with E-state index in [1.54, 1.807) is 6.92 Å². The van der Waals surface area contributed by atoms with Gasteiger partial charge in [-0.3, -0.25) is 0 Å². The number of nitrogens with two attached hydrogens (primary N) is 1. The molecule has 0 saturated carbocycles. The van der Waals surface area contributed by atoms with Crippen molar-refractivity contribution in [2.45, 2.75) is 12.7 Å². The molecular formula is C11H15BrFNO2S. The quantitative estimate of drug-likeness (QED) is 0.902. The second kappa shape index (κ2) is 5.93. The molecule has 0 amide bonds. The van der Waals surface area contributed by atoms with Crippen molar-refractivity contribution in [3.63, 3.8) is 0 Å². The molecule has 0 fully saturated rings. The molecule has 0 saturated heterocycles. The molecule has 0 aliphatic heterocycles. The molecule has 0 spiro atoms. The van der Waals surface area contributed by atoms with Gasteiger partial charge in [-0.25, -0.2) is 12.8 Å². The zero-order valence-corrected chi connectivity index (χ0v) is 11.9. The van der Waals surface area contributed by atoms with Crippen LogP contribution in [0.15, 0.2) is 22.7 Å². The fraction of sp³-hybridized carbons (Fsp3) is 0.455. The van der Waals surface area contributed by atoms with E-state index in [1.807, 2.05) is 0 Å². The molecule has 0 aromatic heterocycles. The van der Waals surface area contributed by atoms with E-state index < -0.39 is 15.7 Å². The molecule has 96 valence electrons. The predicted octanol–water partition coefficient (Wildman–Crippen LogP) is 2.10. The molecule has 0 bridgehead atoms. The summed E-state index contributed by atoms with van der Waals surface area (Å²) in [5.41, 5.74) is 5.97. The highest BCUT2D eigenvalue weighted by atomic mass is 79.9. The summed E-state index contributed by atoms with van der Waals surface area (Å²) in [6.07, 6.45) is 0. The van der Waals surface area contributed by atoms with Gasteiger partial charge in [-0.2, -0.15) is 0 Å². The van der Waals surface area contributed by atoms with Gasteiger partial charge in [-0.15, -0.1) is 0 Å². The second-order valence-corrected chi connectivity index (χ2v) is 7.11. The monoisotopic (exact) mass is 323 g/mol. The third-order valence-corrected chi connectivity index (χ3v) is 4.77. The Labute approximate surface area is 109 Å². The van der Waals surface area contributed by atoms with Crippen molar-refractivity contribution in [1.82, 2.24) is 0 Å². The van der Waals surface area contributed by atoms with Crippen molar-refractivity contribution >= 4 is 25.8 Å². The van der Waals surface area contributed by atoms with Crippen LogP contribution in [0.5, 0.6) is 0 Å². The van der Waals surface area contributed by atoms with Gasteiger partial charge in [0, 0.05) is 0 Å². The van der Waals surface area contributed by atoms with Crippen LogP contribution in [0.25, 0.3) is 0 Å². The molecule has 3 nitrogen and oxygen atoms in total. The maximum Gasteiger partial charge on any atom is 0.154 e. The molecule has 1 aromatic rings. The third kappa shape index (κ3) is 4.73. The summed E-state index contributed by atoms with van der Waals surface area (Å²) in [4.78, 5) is 0. The molecule has 0 aliphatic rings. The summed E-state index contributed by atoms with van der Waals surface area (Å²) in [5.74, 6) is -0.500. The minimum atomic E-state index is -3.20. The first kappa shape index (κ1) is 14.6. The Morgan fingerprint density at radius 1 is 1.47 bits per heavy atom. The summed E-state index contributed by atoms with van der Waals surface area (Å²) in [5, 5.41) is 0. The average Bonchev–Trinajstić information content (AvgIpc) is 2.22. The van der Waals surface area contributed by atoms with E-state index >= 15 is 0 Å². The van der Waals surface area contributed by atoms with Gasteiger partial charge < -0.3 is 5.73 Å². The van der Waals surface area contributed by atoms with E-state index in [-0.39, 0.29) is 21.9 Å². The first-order valence-corrected chi connectivity index (χ1v) is 7.80. The summed E-state index contributed by atoms with van der Waals surface area (Å²) >= 11 is 3.03. The zero-order chi connectivity index (χ0) is 13.1. The number of benzene rings is 1. The SMILES string of the molecule is CC(CN)CS(=O)(=O)Cc1ccc(F)c(Br)c1. The van der Waals surface area contributed by atoms with Crippen LogP contribution >= 0.6 is 15.9 Å². The minimum Gasteiger partial charge on any atom is -0.330 e. The molecule has 0 aliphatic carbocycles. The molecular weight excluding hydrogens is 309 g/mol. The Bertz CT molecular complexity index is 490. The molecule has 2 N–H and O–H groups in total. The van der Waals surface area contributed by atoms with Gasteiger partial charge >= 0.3 is 0 Å². The van der Waals surface area contributed by atoms with Gasteiger partial charge in [0.05, 0.1) is 16.0 Å². The second-order valence-electron chi connectivity index (χ2n) is 4.14. The molecule has 1 rings (SSSR count). The Balaban J connectivity index is 2.80. The van der Waals surface area contributed by atoms with Gasteiger partial charge in [0.1, 0.15) is 5.82 Å². The van der Waals surface area contributed by atoms with E-state index in [9.17, 15) is 12.8 Å². The van der Waals surface area contributed by atoms with Crippen LogP contribution in [-0.2, 0) is 15.6 Å². The summed E-state index contributed by atoms with van der Waals surface area (Å²) < 4.78 is 36.9. The summed E-state index contributed by atoms with van der Waals surface area (Å²) in [6.45, 7) is 2.13. The number of hydrogen-bond acceptors (Lipinski definition) is 3. The predicted molar refractivity (Wildman–Crippen MR) is 69.8 cm³/mol. The Morgan fingerprint density at radius 3 is 2.65 bits per heavy atom. The number of rotatable bonds is 5. The summed E-state index contributed by atoms with van der Waals surface area (Å²) in [6, 6.07) is 4.21. The van der Waals surface area contributed by atoms with Crippen molar-refractivity contribution in [1.29, 1.82) is 0 Å². The number of sulfone groups is 1. The molecule has 0 heterocycles. The van der Waals surface area contributed by atoms with Gasteiger partial charge in [0.15, 0.2) is 9.84 Å². The van der Waals surface area contributed by atoms with Crippen LogP contribution in [0.4, 0.5) is 4.39 Å². The molecule has 0 radical (unpaired) electrons. The van der Waals surface area contributed by atoms with E-state index in [4.69, 9.17) is 5.73 Å². The first-order chi connectivity index (χ1) is 7.84.